The number of thioether (sulfide) groups is 1. The van der Waals surface area contributed by atoms with Crippen LogP contribution in [0.2, 0.25) is 0 Å². The molecule has 0 aromatic heterocycles. The third-order valence-electron chi connectivity index (χ3n) is 3.80. The van der Waals surface area contributed by atoms with E-state index in [-0.39, 0.29) is 31.5 Å². The van der Waals surface area contributed by atoms with Gasteiger partial charge in [0.05, 0.1) is 24.6 Å². The van der Waals surface area contributed by atoms with Gasteiger partial charge in [-0.3, -0.25) is 9.59 Å². The lowest BCUT2D eigenvalue weighted by Crippen LogP contribution is -2.52. The fourth-order valence-corrected chi connectivity index (χ4v) is 3.52. The number of para-hydroxylation sites is 1. The van der Waals surface area contributed by atoms with Crippen LogP contribution in [0.3, 0.4) is 0 Å². The van der Waals surface area contributed by atoms with E-state index in [1.165, 1.54) is 21.6 Å². The minimum absolute atomic E-state index is 0.00654. The molecule has 1 saturated heterocycles. The van der Waals surface area contributed by atoms with Gasteiger partial charge in [0.15, 0.2) is 6.10 Å². The van der Waals surface area contributed by atoms with Crippen molar-refractivity contribution >= 4 is 35.2 Å². The van der Waals surface area contributed by atoms with Gasteiger partial charge < -0.3 is 19.6 Å². The number of aliphatic carboxylic acids is 1. The first-order chi connectivity index (χ1) is 11.1. The van der Waals surface area contributed by atoms with Crippen molar-refractivity contribution < 1.29 is 24.2 Å². The van der Waals surface area contributed by atoms with Crippen molar-refractivity contribution in [1.82, 2.24) is 4.90 Å². The molecule has 7 nitrogen and oxygen atoms in total. The molecule has 0 spiro atoms. The molecule has 0 radical (unpaired) electrons. The number of carbonyl (C=O) groups is 3. The fourth-order valence-electron chi connectivity index (χ4n) is 2.59. The second-order valence-corrected chi connectivity index (χ2v) is 6.29. The van der Waals surface area contributed by atoms with E-state index in [9.17, 15) is 14.4 Å². The zero-order valence-corrected chi connectivity index (χ0v) is 13.1. The molecule has 1 aromatic carbocycles. The van der Waals surface area contributed by atoms with E-state index in [0.29, 0.717) is 12.3 Å². The Bertz CT molecular complexity index is 651. The van der Waals surface area contributed by atoms with Gasteiger partial charge in [-0.1, -0.05) is 12.1 Å². The van der Waals surface area contributed by atoms with Crippen LogP contribution < -0.4 is 4.90 Å². The fraction of sp³-hybridized carbons (Fsp3) is 0.400. The van der Waals surface area contributed by atoms with Crippen molar-refractivity contribution in [2.24, 2.45) is 0 Å². The summed E-state index contributed by atoms with van der Waals surface area (Å²) >= 11 is 1.45. The lowest BCUT2D eigenvalue weighted by molar-refractivity contribution is -0.159. The summed E-state index contributed by atoms with van der Waals surface area (Å²) in [5.41, 5.74) is 0.727. The van der Waals surface area contributed by atoms with Crippen LogP contribution in [-0.4, -0.2) is 65.9 Å². The molecule has 1 fully saturated rings. The Kier molecular flexibility index (Phi) is 4.53. The molecule has 1 unspecified atom stereocenters. The number of rotatable bonds is 3. The van der Waals surface area contributed by atoms with Gasteiger partial charge in [-0.05, 0) is 12.1 Å². The van der Waals surface area contributed by atoms with Gasteiger partial charge in [0.25, 0.3) is 0 Å². The molecule has 122 valence electrons. The highest BCUT2D eigenvalue weighted by Crippen LogP contribution is 2.34. The van der Waals surface area contributed by atoms with Crippen molar-refractivity contribution in [1.29, 1.82) is 0 Å². The Morgan fingerprint density at radius 2 is 2.13 bits per heavy atom. The van der Waals surface area contributed by atoms with Gasteiger partial charge in [0, 0.05) is 11.4 Å². The number of carbonyl (C=O) groups excluding carboxylic acids is 2. The van der Waals surface area contributed by atoms with Gasteiger partial charge in [-0.2, -0.15) is 0 Å². The van der Waals surface area contributed by atoms with Crippen molar-refractivity contribution in [3.8, 4) is 0 Å². The van der Waals surface area contributed by atoms with Crippen molar-refractivity contribution in [2.75, 3.05) is 36.9 Å². The normalized spacial score (nSPS) is 21.0. The van der Waals surface area contributed by atoms with Crippen molar-refractivity contribution in [3.63, 3.8) is 0 Å². The minimum atomic E-state index is -1.08. The van der Waals surface area contributed by atoms with Crippen molar-refractivity contribution in [2.45, 2.75) is 11.0 Å². The molecule has 2 amide bonds. The molecule has 3 rings (SSSR count). The van der Waals surface area contributed by atoms with Crippen LogP contribution in [0.1, 0.15) is 0 Å². The second-order valence-electron chi connectivity index (χ2n) is 5.27. The number of nitrogens with zero attached hydrogens (tertiary/aromatic N) is 2. The Morgan fingerprint density at radius 3 is 2.91 bits per heavy atom. The van der Waals surface area contributed by atoms with E-state index in [1.807, 2.05) is 24.3 Å². The zero-order valence-electron chi connectivity index (χ0n) is 12.3. The average Bonchev–Trinajstić information content (AvgIpc) is 2.57. The van der Waals surface area contributed by atoms with E-state index >= 15 is 0 Å². The summed E-state index contributed by atoms with van der Waals surface area (Å²) in [7, 11) is 0. The molecule has 2 aliphatic heterocycles. The van der Waals surface area contributed by atoms with E-state index in [1.54, 1.807) is 0 Å². The molecular weight excluding hydrogens is 320 g/mol. The van der Waals surface area contributed by atoms with Gasteiger partial charge in [-0.15, -0.1) is 11.8 Å². The molecular formula is C15H16N2O5S. The number of carboxylic acids is 1. The molecule has 2 aliphatic rings. The quantitative estimate of drug-likeness (QED) is 0.862. The number of carboxylic acid groups (broad SMARTS) is 1. The van der Waals surface area contributed by atoms with Gasteiger partial charge in [0.2, 0.25) is 11.8 Å². The van der Waals surface area contributed by atoms with E-state index in [4.69, 9.17) is 9.84 Å². The molecule has 1 N–H and O–H groups in total. The maximum Gasteiger partial charge on any atom is 0.334 e. The monoisotopic (exact) mass is 336 g/mol. The number of benzene rings is 1. The third-order valence-corrected chi connectivity index (χ3v) is 4.84. The second kappa shape index (κ2) is 6.59. The SMILES string of the molecule is O=C(O)C1CN(C(=O)CN2C(=O)CSc3ccccc32)CCO1. The molecule has 0 aliphatic carbocycles. The molecule has 1 atom stereocenters. The largest absolute Gasteiger partial charge is 0.479 e. The Balaban J connectivity index is 1.72. The van der Waals surface area contributed by atoms with Crippen LogP contribution in [0.5, 0.6) is 0 Å². The molecule has 0 saturated carbocycles. The van der Waals surface area contributed by atoms with Gasteiger partial charge >= 0.3 is 5.97 Å². The van der Waals surface area contributed by atoms with E-state index < -0.39 is 12.1 Å². The number of fused-ring (bicyclic) bond motifs is 1. The first kappa shape index (κ1) is 15.8. The number of ether oxygens (including phenoxy) is 1. The first-order valence-corrected chi connectivity index (χ1v) is 8.19. The predicted molar refractivity (Wildman–Crippen MR) is 83.5 cm³/mol. The summed E-state index contributed by atoms with van der Waals surface area (Å²) < 4.78 is 5.11. The van der Waals surface area contributed by atoms with Crippen LogP contribution in [0.4, 0.5) is 5.69 Å². The van der Waals surface area contributed by atoms with Gasteiger partial charge in [-0.25, -0.2) is 4.79 Å². The van der Waals surface area contributed by atoms with E-state index in [2.05, 4.69) is 0 Å². The minimum Gasteiger partial charge on any atom is -0.479 e. The van der Waals surface area contributed by atoms with Crippen LogP contribution in [0, 0.1) is 0 Å². The lowest BCUT2D eigenvalue weighted by Gasteiger charge is -2.34. The lowest BCUT2D eigenvalue weighted by atomic mass is 10.2. The summed E-state index contributed by atoms with van der Waals surface area (Å²) in [4.78, 5) is 39.5. The number of anilines is 1. The smallest absolute Gasteiger partial charge is 0.334 e. The van der Waals surface area contributed by atoms with Crippen LogP contribution >= 0.6 is 11.8 Å². The van der Waals surface area contributed by atoms with Crippen molar-refractivity contribution in [3.05, 3.63) is 24.3 Å². The highest BCUT2D eigenvalue weighted by atomic mass is 32.2. The molecule has 8 heteroatoms. The molecule has 23 heavy (non-hydrogen) atoms. The summed E-state index contributed by atoms with van der Waals surface area (Å²) in [5, 5.41) is 9.00. The highest BCUT2D eigenvalue weighted by Gasteiger charge is 2.32. The third kappa shape index (κ3) is 3.32. The molecule has 1 aromatic rings. The number of morpholine rings is 1. The van der Waals surface area contributed by atoms with Crippen LogP contribution in [-0.2, 0) is 19.1 Å². The summed E-state index contributed by atoms with van der Waals surface area (Å²) in [5.74, 6) is -1.18. The molecule has 2 heterocycles. The van der Waals surface area contributed by atoms with E-state index in [0.717, 1.165) is 10.6 Å². The molecule has 0 bridgehead atoms. The maximum absolute atomic E-state index is 12.5. The standard InChI is InChI=1S/C15H16N2O5S/c18-13(16-5-6-22-11(7-16)15(20)21)8-17-10-3-1-2-4-12(10)23-9-14(17)19/h1-4,11H,5-9H2,(H,20,21). The Morgan fingerprint density at radius 1 is 1.35 bits per heavy atom. The average molecular weight is 336 g/mol. The zero-order chi connectivity index (χ0) is 16.4. The predicted octanol–water partition coefficient (Wildman–Crippen LogP) is 0.437. The number of hydrogen-bond acceptors (Lipinski definition) is 5. The Hall–Kier alpha value is -2.06. The number of amides is 2. The maximum atomic E-state index is 12.5. The van der Waals surface area contributed by atoms with Crippen LogP contribution in [0.15, 0.2) is 29.2 Å². The topological polar surface area (TPSA) is 87.2 Å². The Labute approximate surface area is 137 Å². The highest BCUT2D eigenvalue weighted by molar-refractivity contribution is 8.00. The van der Waals surface area contributed by atoms with Crippen LogP contribution in [0.25, 0.3) is 0 Å². The first-order valence-electron chi connectivity index (χ1n) is 7.20. The summed E-state index contributed by atoms with van der Waals surface area (Å²) in [6, 6.07) is 7.44. The summed E-state index contributed by atoms with van der Waals surface area (Å²) in [6.07, 6.45) is -1.01. The summed E-state index contributed by atoms with van der Waals surface area (Å²) in [6.45, 7) is 0.444. The van der Waals surface area contributed by atoms with Gasteiger partial charge in [0.1, 0.15) is 6.54 Å². The number of hydrogen-bond donors (Lipinski definition) is 1.